The summed E-state index contributed by atoms with van der Waals surface area (Å²) in [6.07, 6.45) is 7.31. The highest BCUT2D eigenvalue weighted by molar-refractivity contribution is 5.67. The first-order chi connectivity index (χ1) is 10.8. The molecule has 0 unspecified atom stereocenters. The Morgan fingerprint density at radius 3 is 2.39 bits per heavy atom. The van der Waals surface area contributed by atoms with Gasteiger partial charge in [-0.1, -0.05) is 19.3 Å². The van der Waals surface area contributed by atoms with Gasteiger partial charge in [-0.05, 0) is 65.5 Å². The Kier molecular flexibility index (Phi) is 6.32. The minimum Gasteiger partial charge on any atom is -0.444 e. The van der Waals surface area contributed by atoms with Crippen molar-refractivity contribution in [2.24, 2.45) is 5.92 Å². The van der Waals surface area contributed by atoms with Crippen molar-refractivity contribution < 1.29 is 14.6 Å². The molecule has 1 aliphatic heterocycles. The monoisotopic (exact) mass is 326 g/mol. The Bertz CT molecular complexity index is 378. The van der Waals surface area contributed by atoms with Gasteiger partial charge in [-0.2, -0.15) is 0 Å². The van der Waals surface area contributed by atoms with Gasteiger partial charge in [0.15, 0.2) is 0 Å². The van der Waals surface area contributed by atoms with E-state index in [0.29, 0.717) is 12.5 Å². The van der Waals surface area contributed by atoms with E-state index in [0.717, 1.165) is 58.2 Å². The number of alkyl carbamates (subject to hydrolysis) is 1. The second kappa shape index (κ2) is 7.84. The fraction of sp³-hybridized carbons (Fsp3) is 0.944. The van der Waals surface area contributed by atoms with Crippen LogP contribution in [0.15, 0.2) is 0 Å². The second-order valence-electron chi connectivity index (χ2n) is 8.39. The van der Waals surface area contributed by atoms with E-state index < -0.39 is 11.2 Å². The largest absolute Gasteiger partial charge is 0.444 e. The van der Waals surface area contributed by atoms with Gasteiger partial charge in [0.2, 0.25) is 0 Å². The molecule has 1 heterocycles. The molecule has 1 saturated heterocycles. The first kappa shape index (κ1) is 18.5. The lowest BCUT2D eigenvalue weighted by Gasteiger charge is -2.40. The summed E-state index contributed by atoms with van der Waals surface area (Å²) in [7, 11) is 0. The fourth-order valence-electron chi connectivity index (χ4n) is 3.67. The summed E-state index contributed by atoms with van der Waals surface area (Å²) in [6, 6.07) is 0. The van der Waals surface area contributed by atoms with Gasteiger partial charge in [-0.3, -0.25) is 0 Å². The highest BCUT2D eigenvalue weighted by Crippen LogP contribution is 2.30. The molecule has 0 aromatic carbocycles. The van der Waals surface area contributed by atoms with E-state index in [-0.39, 0.29) is 6.09 Å². The zero-order valence-electron chi connectivity index (χ0n) is 15.1. The van der Waals surface area contributed by atoms with Crippen LogP contribution in [0.1, 0.15) is 65.7 Å². The number of β-amino-alcohol motifs (C(OH)–C–C–N with tert-alkyl or cyclic N) is 1. The van der Waals surface area contributed by atoms with Crippen LogP contribution in [0.3, 0.4) is 0 Å². The first-order valence-electron chi connectivity index (χ1n) is 9.17. The molecule has 0 spiro atoms. The van der Waals surface area contributed by atoms with Crippen molar-refractivity contribution in [1.29, 1.82) is 0 Å². The van der Waals surface area contributed by atoms with Gasteiger partial charge in [-0.25, -0.2) is 4.79 Å². The number of carbonyl (C=O) groups excluding carboxylic acids is 1. The molecule has 0 atom stereocenters. The molecule has 0 aromatic rings. The highest BCUT2D eigenvalue weighted by Gasteiger charge is 2.32. The molecule has 0 aromatic heterocycles. The molecule has 1 saturated carbocycles. The first-order valence-corrected chi connectivity index (χ1v) is 9.17. The van der Waals surface area contributed by atoms with Crippen molar-refractivity contribution >= 4 is 6.09 Å². The van der Waals surface area contributed by atoms with E-state index in [2.05, 4.69) is 10.2 Å². The van der Waals surface area contributed by atoms with Crippen molar-refractivity contribution in [3.63, 3.8) is 0 Å². The van der Waals surface area contributed by atoms with Crippen LogP contribution in [-0.2, 0) is 4.74 Å². The molecule has 1 aliphatic carbocycles. The Morgan fingerprint density at radius 2 is 1.83 bits per heavy atom. The van der Waals surface area contributed by atoms with Crippen molar-refractivity contribution in [3.05, 3.63) is 0 Å². The van der Waals surface area contributed by atoms with Crippen LogP contribution >= 0.6 is 0 Å². The number of hydrogen-bond acceptors (Lipinski definition) is 4. The lowest BCUT2D eigenvalue weighted by atomic mass is 9.84. The topological polar surface area (TPSA) is 61.8 Å². The molecular weight excluding hydrogens is 292 g/mol. The lowest BCUT2D eigenvalue weighted by molar-refractivity contribution is -0.0326. The minimum atomic E-state index is -0.458. The number of amides is 1. The van der Waals surface area contributed by atoms with Crippen molar-refractivity contribution in [2.75, 3.05) is 26.2 Å². The number of aliphatic hydroxyl groups is 1. The maximum atomic E-state index is 11.7. The van der Waals surface area contributed by atoms with Gasteiger partial charge in [-0.15, -0.1) is 0 Å². The van der Waals surface area contributed by atoms with E-state index in [1.807, 2.05) is 20.8 Å². The normalized spacial score (nSPS) is 23.5. The number of piperidine rings is 1. The van der Waals surface area contributed by atoms with Gasteiger partial charge in [0.1, 0.15) is 5.60 Å². The molecule has 134 valence electrons. The smallest absolute Gasteiger partial charge is 0.407 e. The van der Waals surface area contributed by atoms with E-state index in [1.54, 1.807) is 0 Å². The van der Waals surface area contributed by atoms with Crippen LogP contribution in [0.25, 0.3) is 0 Å². The summed E-state index contributed by atoms with van der Waals surface area (Å²) in [5.74, 6) is 0.514. The molecule has 5 heteroatoms. The molecule has 2 fully saturated rings. The SMILES string of the molecule is CC(C)(C)OC(=O)NCC1CCN(CC2(O)CCCCC2)CC1. The minimum absolute atomic E-state index is 0.323. The predicted octanol–water partition coefficient (Wildman–Crippen LogP) is 2.92. The average Bonchev–Trinajstić information content (AvgIpc) is 2.45. The van der Waals surface area contributed by atoms with Gasteiger partial charge < -0.3 is 20.1 Å². The van der Waals surface area contributed by atoms with Crippen molar-refractivity contribution in [2.45, 2.75) is 76.9 Å². The van der Waals surface area contributed by atoms with E-state index in [9.17, 15) is 9.90 Å². The summed E-state index contributed by atoms with van der Waals surface area (Å²) < 4.78 is 5.27. The van der Waals surface area contributed by atoms with E-state index >= 15 is 0 Å². The van der Waals surface area contributed by atoms with Gasteiger partial charge in [0, 0.05) is 13.1 Å². The quantitative estimate of drug-likeness (QED) is 0.834. The molecule has 2 N–H and O–H groups in total. The van der Waals surface area contributed by atoms with Crippen molar-refractivity contribution in [1.82, 2.24) is 10.2 Å². The van der Waals surface area contributed by atoms with Crippen LogP contribution < -0.4 is 5.32 Å². The van der Waals surface area contributed by atoms with Crippen LogP contribution in [0.4, 0.5) is 4.79 Å². The predicted molar refractivity (Wildman–Crippen MR) is 91.4 cm³/mol. The number of likely N-dealkylation sites (tertiary alicyclic amines) is 1. The molecule has 2 aliphatic rings. The number of rotatable bonds is 4. The Labute approximate surface area is 140 Å². The zero-order chi connectivity index (χ0) is 16.9. The summed E-state index contributed by atoms with van der Waals surface area (Å²) >= 11 is 0. The molecule has 0 radical (unpaired) electrons. The summed E-state index contributed by atoms with van der Waals surface area (Å²) in [5, 5.41) is 13.5. The van der Waals surface area contributed by atoms with E-state index in [1.165, 1.54) is 6.42 Å². The third-order valence-corrected chi connectivity index (χ3v) is 4.94. The standard InChI is InChI=1S/C18H34N2O3/c1-17(2,3)23-16(21)19-13-15-7-11-20(12-8-15)14-18(22)9-5-4-6-10-18/h15,22H,4-14H2,1-3H3,(H,19,21). The molecular formula is C18H34N2O3. The Hall–Kier alpha value is -0.810. The third kappa shape index (κ3) is 6.68. The van der Waals surface area contributed by atoms with Crippen LogP contribution in [0, 0.1) is 5.92 Å². The Morgan fingerprint density at radius 1 is 1.22 bits per heavy atom. The second-order valence-corrected chi connectivity index (χ2v) is 8.39. The number of nitrogens with one attached hydrogen (secondary N) is 1. The molecule has 0 bridgehead atoms. The van der Waals surface area contributed by atoms with Crippen LogP contribution in [0.2, 0.25) is 0 Å². The van der Waals surface area contributed by atoms with Gasteiger partial charge in [0.25, 0.3) is 0 Å². The molecule has 23 heavy (non-hydrogen) atoms. The molecule has 1 amide bonds. The number of ether oxygens (including phenoxy) is 1. The average molecular weight is 326 g/mol. The fourth-order valence-corrected chi connectivity index (χ4v) is 3.67. The van der Waals surface area contributed by atoms with Gasteiger partial charge in [0.05, 0.1) is 5.60 Å². The number of hydrogen-bond donors (Lipinski definition) is 2. The summed E-state index contributed by atoms with van der Waals surface area (Å²) in [5.41, 5.74) is -0.900. The Balaban J connectivity index is 1.65. The lowest BCUT2D eigenvalue weighted by Crippen LogP contribution is -2.48. The maximum absolute atomic E-state index is 11.7. The van der Waals surface area contributed by atoms with Crippen LogP contribution in [-0.4, -0.2) is 53.5 Å². The van der Waals surface area contributed by atoms with Crippen LogP contribution in [0.5, 0.6) is 0 Å². The summed E-state index contributed by atoms with van der Waals surface area (Å²) in [4.78, 5) is 14.1. The third-order valence-electron chi connectivity index (χ3n) is 4.94. The summed E-state index contributed by atoms with van der Waals surface area (Å²) in [6.45, 7) is 9.17. The van der Waals surface area contributed by atoms with Crippen molar-refractivity contribution in [3.8, 4) is 0 Å². The molecule has 2 rings (SSSR count). The number of carbonyl (C=O) groups is 1. The van der Waals surface area contributed by atoms with Gasteiger partial charge >= 0.3 is 6.09 Å². The molecule has 5 nitrogen and oxygen atoms in total. The number of nitrogens with zero attached hydrogens (tertiary/aromatic N) is 1. The maximum Gasteiger partial charge on any atom is 0.407 e. The van der Waals surface area contributed by atoms with E-state index in [4.69, 9.17) is 4.74 Å². The zero-order valence-corrected chi connectivity index (χ0v) is 15.1. The highest BCUT2D eigenvalue weighted by atomic mass is 16.6.